The van der Waals surface area contributed by atoms with Crippen molar-refractivity contribution in [1.82, 2.24) is 0 Å². The molecular formula is C22H14N2O4S. The summed E-state index contributed by atoms with van der Waals surface area (Å²) in [6.45, 7) is 0. The van der Waals surface area contributed by atoms with E-state index in [4.69, 9.17) is 0 Å². The minimum absolute atomic E-state index is 0.00579. The Labute approximate surface area is 170 Å². The molecule has 0 spiro atoms. The molecule has 4 rings (SSSR count). The van der Waals surface area contributed by atoms with E-state index < -0.39 is 16.5 Å². The van der Waals surface area contributed by atoms with Gasteiger partial charge in [-0.2, -0.15) is 0 Å². The number of ketones is 2. The molecule has 3 aromatic carbocycles. The van der Waals surface area contributed by atoms with Crippen molar-refractivity contribution in [2.45, 2.75) is 4.90 Å². The van der Waals surface area contributed by atoms with Gasteiger partial charge in [0.05, 0.1) is 15.6 Å². The Morgan fingerprint density at radius 2 is 1.38 bits per heavy atom. The molecule has 142 valence electrons. The molecule has 0 radical (unpaired) electrons. The maximum Gasteiger partial charge on any atom is 0.269 e. The normalized spacial score (nSPS) is 13.9. The summed E-state index contributed by atoms with van der Waals surface area (Å²) >= 11 is 1.32. The van der Waals surface area contributed by atoms with Gasteiger partial charge in [0.1, 0.15) is 5.57 Å². The molecule has 0 amide bonds. The van der Waals surface area contributed by atoms with Crippen LogP contribution in [0.1, 0.15) is 20.7 Å². The first-order chi connectivity index (χ1) is 14.0. The van der Waals surface area contributed by atoms with E-state index in [-0.39, 0.29) is 16.8 Å². The zero-order chi connectivity index (χ0) is 20.4. The van der Waals surface area contributed by atoms with Crippen molar-refractivity contribution in [2.24, 2.45) is 0 Å². The quantitative estimate of drug-likeness (QED) is 0.160. The second-order valence-corrected chi connectivity index (χ2v) is 7.31. The van der Waals surface area contributed by atoms with Crippen molar-refractivity contribution < 1.29 is 14.5 Å². The van der Waals surface area contributed by atoms with E-state index >= 15 is 0 Å². The summed E-state index contributed by atoms with van der Waals surface area (Å²) in [5.41, 5.74) is 1.31. The summed E-state index contributed by atoms with van der Waals surface area (Å²) < 4.78 is 0. The molecule has 7 heteroatoms. The average Bonchev–Trinajstić information content (AvgIpc) is 3.18. The third kappa shape index (κ3) is 3.68. The van der Waals surface area contributed by atoms with Crippen molar-refractivity contribution in [1.29, 1.82) is 0 Å². The molecule has 1 aliphatic rings. The molecule has 0 saturated heterocycles. The Hall–Kier alpha value is -3.71. The lowest BCUT2D eigenvalue weighted by Crippen LogP contribution is -2.17. The van der Waals surface area contributed by atoms with Gasteiger partial charge in [0.25, 0.3) is 5.69 Å². The monoisotopic (exact) mass is 402 g/mol. The van der Waals surface area contributed by atoms with E-state index in [2.05, 4.69) is 5.32 Å². The van der Waals surface area contributed by atoms with Crippen LogP contribution in [0, 0.1) is 10.1 Å². The molecule has 0 aromatic heterocycles. The number of para-hydroxylation sites is 1. The predicted molar refractivity (Wildman–Crippen MR) is 111 cm³/mol. The number of anilines is 1. The molecule has 29 heavy (non-hydrogen) atoms. The standard InChI is InChI=1S/C22H14N2O4S/c25-20(14-6-2-1-3-7-14)19(22-23-17-8-4-5-9-18(17)29-22)21(26)15-10-12-16(13-11-15)24(27)28/h1-13,23H/b22-19+. The first-order valence-corrected chi connectivity index (χ1v) is 9.53. The molecule has 0 fully saturated rings. The molecule has 3 aromatic rings. The number of nitro groups is 1. The van der Waals surface area contributed by atoms with Crippen molar-refractivity contribution in [3.05, 3.63) is 111 Å². The van der Waals surface area contributed by atoms with Gasteiger partial charge < -0.3 is 5.32 Å². The lowest BCUT2D eigenvalue weighted by Gasteiger charge is -2.10. The van der Waals surface area contributed by atoms with E-state index in [1.807, 2.05) is 24.3 Å². The zero-order valence-corrected chi connectivity index (χ0v) is 15.8. The molecular weight excluding hydrogens is 388 g/mol. The SMILES string of the molecule is O=C(/C(C(=O)c1ccc([N+](=O)[O-])cc1)=C1/Nc2ccccc2S1)c1ccccc1. The van der Waals surface area contributed by atoms with Gasteiger partial charge >= 0.3 is 0 Å². The Balaban J connectivity index is 1.79. The summed E-state index contributed by atoms with van der Waals surface area (Å²) in [6.07, 6.45) is 0. The minimum Gasteiger partial charge on any atom is -0.348 e. The summed E-state index contributed by atoms with van der Waals surface area (Å²) in [7, 11) is 0. The maximum atomic E-state index is 13.3. The lowest BCUT2D eigenvalue weighted by atomic mass is 9.96. The third-order valence-corrected chi connectivity index (χ3v) is 5.49. The van der Waals surface area contributed by atoms with Crippen LogP contribution in [0.5, 0.6) is 0 Å². The number of carbonyl (C=O) groups excluding carboxylic acids is 2. The lowest BCUT2D eigenvalue weighted by molar-refractivity contribution is -0.384. The number of nitrogens with one attached hydrogen (secondary N) is 1. The number of Topliss-reactive ketones (excluding diaryl/α,β-unsaturated/α-hetero) is 2. The molecule has 1 N–H and O–H groups in total. The predicted octanol–water partition coefficient (Wildman–Crippen LogP) is 5.09. The fraction of sp³-hybridized carbons (Fsp3) is 0. The second-order valence-electron chi connectivity index (χ2n) is 6.26. The van der Waals surface area contributed by atoms with Crippen molar-refractivity contribution in [3.63, 3.8) is 0 Å². The van der Waals surface area contributed by atoms with E-state index in [0.29, 0.717) is 10.6 Å². The van der Waals surface area contributed by atoms with Gasteiger partial charge in [-0.15, -0.1) is 0 Å². The van der Waals surface area contributed by atoms with Gasteiger partial charge in [0.15, 0.2) is 11.6 Å². The molecule has 1 heterocycles. The summed E-state index contributed by atoms with van der Waals surface area (Å²) in [5.74, 6) is -0.895. The number of thioether (sulfide) groups is 1. The number of hydrogen-bond donors (Lipinski definition) is 1. The van der Waals surface area contributed by atoms with Crippen LogP contribution in [0.4, 0.5) is 11.4 Å². The van der Waals surface area contributed by atoms with Crippen LogP contribution in [-0.2, 0) is 0 Å². The summed E-state index contributed by atoms with van der Waals surface area (Å²) in [4.78, 5) is 37.8. The van der Waals surface area contributed by atoms with Gasteiger partial charge in [-0.3, -0.25) is 19.7 Å². The molecule has 0 atom stereocenters. The average molecular weight is 402 g/mol. The van der Waals surface area contributed by atoms with Gasteiger partial charge in [-0.25, -0.2) is 0 Å². The number of benzene rings is 3. The first kappa shape index (κ1) is 18.6. The molecule has 6 nitrogen and oxygen atoms in total. The molecule has 1 aliphatic heterocycles. The molecule has 0 saturated carbocycles. The van der Waals surface area contributed by atoms with Crippen LogP contribution in [0.25, 0.3) is 0 Å². The number of hydrogen-bond acceptors (Lipinski definition) is 6. The highest BCUT2D eigenvalue weighted by Crippen LogP contribution is 2.43. The van der Waals surface area contributed by atoms with E-state index in [1.54, 1.807) is 30.3 Å². The molecule has 0 bridgehead atoms. The Bertz CT molecular complexity index is 1130. The van der Waals surface area contributed by atoms with Crippen LogP contribution in [0.15, 0.2) is 94.4 Å². The summed E-state index contributed by atoms with van der Waals surface area (Å²) in [6, 6.07) is 21.3. The number of allylic oxidation sites excluding steroid dienone is 1. The van der Waals surface area contributed by atoms with Crippen molar-refractivity contribution in [2.75, 3.05) is 5.32 Å². The zero-order valence-electron chi connectivity index (χ0n) is 15.0. The number of fused-ring (bicyclic) bond motifs is 1. The second kappa shape index (κ2) is 7.73. The Morgan fingerprint density at radius 3 is 2.00 bits per heavy atom. The van der Waals surface area contributed by atoms with Crippen LogP contribution in [0.2, 0.25) is 0 Å². The highest BCUT2D eigenvalue weighted by Gasteiger charge is 2.29. The summed E-state index contributed by atoms with van der Waals surface area (Å²) in [5, 5.41) is 14.5. The largest absolute Gasteiger partial charge is 0.348 e. The van der Waals surface area contributed by atoms with E-state index in [9.17, 15) is 19.7 Å². The van der Waals surface area contributed by atoms with Gasteiger partial charge in [0, 0.05) is 28.2 Å². The van der Waals surface area contributed by atoms with E-state index in [0.717, 1.165) is 10.6 Å². The topological polar surface area (TPSA) is 89.3 Å². The first-order valence-electron chi connectivity index (χ1n) is 8.71. The molecule has 0 aliphatic carbocycles. The van der Waals surface area contributed by atoms with Crippen molar-refractivity contribution >= 4 is 34.7 Å². The van der Waals surface area contributed by atoms with Gasteiger partial charge in [-0.1, -0.05) is 54.2 Å². The Kier molecular flexibility index (Phi) is 4.97. The fourth-order valence-corrected chi connectivity index (χ4v) is 4.00. The van der Waals surface area contributed by atoms with Crippen LogP contribution < -0.4 is 5.32 Å². The highest BCUT2D eigenvalue weighted by molar-refractivity contribution is 8.03. The highest BCUT2D eigenvalue weighted by atomic mass is 32.2. The van der Waals surface area contributed by atoms with Gasteiger partial charge in [0.2, 0.25) is 0 Å². The minimum atomic E-state index is -0.534. The van der Waals surface area contributed by atoms with Crippen molar-refractivity contribution in [3.8, 4) is 0 Å². The number of carbonyl (C=O) groups is 2. The number of nitrogens with zero attached hydrogens (tertiary/aromatic N) is 1. The van der Waals surface area contributed by atoms with Crippen LogP contribution in [0.3, 0.4) is 0 Å². The number of nitro benzene ring substituents is 1. The number of rotatable bonds is 5. The maximum absolute atomic E-state index is 13.3. The van der Waals surface area contributed by atoms with Crippen LogP contribution >= 0.6 is 11.8 Å². The van der Waals surface area contributed by atoms with E-state index in [1.165, 1.54) is 36.0 Å². The number of non-ortho nitro benzene ring substituents is 1. The Morgan fingerprint density at radius 1 is 0.793 bits per heavy atom. The fourth-order valence-electron chi connectivity index (χ4n) is 2.95. The molecule has 0 unspecified atom stereocenters. The van der Waals surface area contributed by atoms with Crippen LogP contribution in [-0.4, -0.2) is 16.5 Å². The smallest absolute Gasteiger partial charge is 0.269 e. The van der Waals surface area contributed by atoms with Gasteiger partial charge in [-0.05, 0) is 24.3 Å². The third-order valence-electron chi connectivity index (χ3n) is 4.40.